The van der Waals surface area contributed by atoms with E-state index in [9.17, 15) is 37.8 Å². The van der Waals surface area contributed by atoms with Crippen molar-refractivity contribution in [3.8, 4) is 0 Å². The average molecular weight is 611 g/mol. The number of hydrogen-bond donors (Lipinski definition) is 4. The van der Waals surface area contributed by atoms with Crippen molar-refractivity contribution in [2.24, 2.45) is 17.8 Å². The van der Waals surface area contributed by atoms with Crippen molar-refractivity contribution >= 4 is 33.8 Å². The van der Waals surface area contributed by atoms with E-state index >= 15 is 0 Å². The zero-order valence-corrected chi connectivity index (χ0v) is 26.2. The van der Waals surface area contributed by atoms with E-state index in [2.05, 4.69) is 10.0 Å². The Labute approximate surface area is 248 Å². The summed E-state index contributed by atoms with van der Waals surface area (Å²) in [5.41, 5.74) is -2.44. The molecule has 4 aliphatic rings. The maximum absolute atomic E-state index is 14.2. The number of aliphatic hydroxyl groups excluding tert-OH is 1. The van der Waals surface area contributed by atoms with E-state index < -0.39 is 79.7 Å². The van der Waals surface area contributed by atoms with Crippen LogP contribution < -0.4 is 10.0 Å². The molecule has 236 valence electrons. The molecule has 2 heterocycles. The molecule has 4 rings (SSSR count). The smallest absolute Gasteiger partial charge is 0.408 e. The van der Waals surface area contributed by atoms with Gasteiger partial charge in [0, 0.05) is 24.4 Å². The van der Waals surface area contributed by atoms with Gasteiger partial charge in [-0.3, -0.25) is 24.0 Å². The molecular weight excluding hydrogens is 564 g/mol. The predicted octanol–water partition coefficient (Wildman–Crippen LogP) is 1.98. The summed E-state index contributed by atoms with van der Waals surface area (Å²) in [7, 11) is -3.96. The van der Waals surface area contributed by atoms with E-state index in [4.69, 9.17) is 0 Å². The highest BCUT2D eigenvalue weighted by atomic mass is 32.2. The fourth-order valence-corrected chi connectivity index (χ4v) is 7.81. The Balaban J connectivity index is 1.71. The van der Waals surface area contributed by atoms with Gasteiger partial charge in [-0.05, 0) is 78.1 Å². The lowest BCUT2D eigenvalue weighted by molar-refractivity contribution is -0.146. The minimum atomic E-state index is -3.96. The van der Waals surface area contributed by atoms with E-state index in [1.165, 1.54) is 4.90 Å². The third-order valence-electron chi connectivity index (χ3n) is 9.43. The Morgan fingerprint density at radius 3 is 2.38 bits per heavy atom. The Bertz CT molecular complexity index is 1260. The van der Waals surface area contributed by atoms with Crippen LogP contribution >= 0.6 is 0 Å². The molecule has 4 amide bonds. The fourth-order valence-electron chi connectivity index (χ4n) is 6.50. The molecule has 3 fully saturated rings. The number of rotatable bonds is 4. The molecule has 12 nitrogen and oxygen atoms in total. The first-order valence-corrected chi connectivity index (χ1v) is 16.4. The number of amides is 4. The zero-order valence-electron chi connectivity index (χ0n) is 25.4. The number of aliphatic hydroxyl groups is 1. The number of hydrogen-bond acceptors (Lipinski definition) is 7. The highest BCUT2D eigenvalue weighted by molar-refractivity contribution is 7.91. The van der Waals surface area contributed by atoms with Crippen LogP contribution in [0, 0.1) is 17.8 Å². The quantitative estimate of drug-likeness (QED) is 0.350. The van der Waals surface area contributed by atoms with Gasteiger partial charge in [0.1, 0.15) is 17.6 Å². The van der Waals surface area contributed by atoms with Crippen molar-refractivity contribution in [2.45, 2.75) is 121 Å². The SMILES string of the molecule is C[C@@H]1CC/C=C\[C@@H]2C[C@@]2(C(=O)NS(=O)(=O)C2(C)CC2)NC(=O)[C@@H]2C[C@@H](O)CN2C(=O)[C@@H](N(C(=O)O)C(C)(C)C)[C@H](C)C1. The van der Waals surface area contributed by atoms with E-state index in [1.54, 1.807) is 27.7 Å². The highest BCUT2D eigenvalue weighted by Crippen LogP contribution is 2.47. The summed E-state index contributed by atoms with van der Waals surface area (Å²) in [6.45, 7) is 10.4. The van der Waals surface area contributed by atoms with Crippen molar-refractivity contribution in [3.63, 3.8) is 0 Å². The van der Waals surface area contributed by atoms with Gasteiger partial charge in [-0.2, -0.15) is 0 Å². The van der Waals surface area contributed by atoms with Gasteiger partial charge in [0.05, 0.1) is 10.9 Å². The highest BCUT2D eigenvalue weighted by Gasteiger charge is 2.63. The molecule has 0 aromatic heterocycles. The van der Waals surface area contributed by atoms with Gasteiger partial charge in [0.15, 0.2) is 0 Å². The molecule has 0 radical (unpaired) electrons. The monoisotopic (exact) mass is 610 g/mol. The lowest BCUT2D eigenvalue weighted by Gasteiger charge is -2.43. The van der Waals surface area contributed by atoms with Crippen LogP contribution in [-0.2, 0) is 24.4 Å². The lowest BCUT2D eigenvalue weighted by Crippen LogP contribution is -2.62. The molecular formula is C29H46N4O8S. The standard InChI is InChI=1S/C29H46N4O8S/c1-17-9-7-8-10-19-15-29(19,25(37)31-42(40,41)28(6)11-12-28)30-23(35)21-14-20(34)16-32(21)24(36)22(18(2)13-17)33(26(38)39)27(3,4)5/h8,10,17-22,34H,7,9,11-16H2,1-6H3,(H,30,35)(H,31,37)(H,38,39)/b10-8-/t17-,18-,19-,20-,21+,22+,29-/m1/s1. The van der Waals surface area contributed by atoms with Crippen molar-refractivity contribution in [2.75, 3.05) is 6.54 Å². The Hall–Kier alpha value is -2.67. The molecule has 1 saturated heterocycles. The number of allylic oxidation sites excluding steroid dienone is 1. The van der Waals surface area contributed by atoms with E-state index in [0.717, 1.165) is 11.3 Å². The van der Waals surface area contributed by atoms with Crippen LogP contribution in [0.3, 0.4) is 0 Å². The third kappa shape index (κ3) is 6.17. The van der Waals surface area contributed by atoms with Crippen molar-refractivity contribution < 1.29 is 37.8 Å². The molecule has 2 aliphatic heterocycles. The van der Waals surface area contributed by atoms with Gasteiger partial charge in [-0.15, -0.1) is 0 Å². The molecule has 42 heavy (non-hydrogen) atoms. The number of sulfonamides is 1. The van der Waals surface area contributed by atoms with E-state index in [1.807, 2.05) is 26.0 Å². The molecule has 0 bridgehead atoms. The van der Waals surface area contributed by atoms with Crippen LogP contribution in [-0.4, -0.2) is 92.8 Å². The summed E-state index contributed by atoms with van der Waals surface area (Å²) >= 11 is 0. The van der Waals surface area contributed by atoms with Crippen LogP contribution in [0.5, 0.6) is 0 Å². The van der Waals surface area contributed by atoms with Crippen molar-refractivity contribution in [1.29, 1.82) is 0 Å². The summed E-state index contributed by atoms with van der Waals surface area (Å²) in [5.74, 6) is -2.77. The minimum Gasteiger partial charge on any atom is -0.465 e. The summed E-state index contributed by atoms with van der Waals surface area (Å²) in [5, 5.41) is 23.6. The molecule has 2 aliphatic carbocycles. The van der Waals surface area contributed by atoms with Gasteiger partial charge in [0.25, 0.3) is 5.91 Å². The normalized spacial score (nSPS) is 35.9. The number of carbonyl (C=O) groups excluding carboxylic acids is 3. The van der Waals surface area contributed by atoms with Gasteiger partial charge in [-0.25, -0.2) is 13.2 Å². The summed E-state index contributed by atoms with van der Waals surface area (Å²) in [4.78, 5) is 56.4. The molecule has 4 N–H and O–H groups in total. The maximum Gasteiger partial charge on any atom is 0.408 e. The first-order valence-electron chi connectivity index (χ1n) is 14.9. The fraction of sp³-hybridized carbons (Fsp3) is 0.793. The first-order chi connectivity index (χ1) is 19.3. The summed E-state index contributed by atoms with van der Waals surface area (Å²) in [6, 6.07) is -2.27. The number of fused-ring (bicyclic) bond motifs is 2. The number of nitrogens with one attached hydrogen (secondary N) is 2. The van der Waals surface area contributed by atoms with Crippen LogP contribution in [0.25, 0.3) is 0 Å². The van der Waals surface area contributed by atoms with E-state index in [-0.39, 0.29) is 25.3 Å². The average Bonchev–Trinajstić information content (AvgIpc) is 3.74. The third-order valence-corrected chi connectivity index (χ3v) is 11.6. The van der Waals surface area contributed by atoms with Gasteiger partial charge >= 0.3 is 6.09 Å². The first kappa shape index (κ1) is 32.2. The van der Waals surface area contributed by atoms with Crippen LogP contribution in [0.2, 0.25) is 0 Å². The topological polar surface area (TPSA) is 173 Å². The molecule has 13 heteroatoms. The number of nitrogens with zero attached hydrogens (tertiary/aromatic N) is 2. The predicted molar refractivity (Wildman–Crippen MR) is 155 cm³/mol. The number of carboxylic acid groups (broad SMARTS) is 1. The minimum absolute atomic E-state index is 0.0910. The lowest BCUT2D eigenvalue weighted by atomic mass is 9.85. The zero-order chi connectivity index (χ0) is 31.4. The molecule has 0 unspecified atom stereocenters. The van der Waals surface area contributed by atoms with Crippen molar-refractivity contribution in [3.05, 3.63) is 12.2 Å². The Morgan fingerprint density at radius 1 is 1.17 bits per heavy atom. The molecule has 0 aromatic carbocycles. The second kappa shape index (κ2) is 11.1. The molecule has 0 spiro atoms. The second-order valence-corrected chi connectivity index (χ2v) is 16.3. The molecule has 7 atom stereocenters. The van der Waals surface area contributed by atoms with Gasteiger partial charge < -0.3 is 20.4 Å². The summed E-state index contributed by atoms with van der Waals surface area (Å²) in [6.07, 6.45) is 4.43. The largest absolute Gasteiger partial charge is 0.465 e. The second-order valence-electron chi connectivity index (χ2n) is 14.1. The van der Waals surface area contributed by atoms with Crippen LogP contribution in [0.1, 0.15) is 86.5 Å². The molecule has 0 aromatic rings. The molecule has 2 saturated carbocycles. The van der Waals surface area contributed by atoms with Crippen LogP contribution in [0.15, 0.2) is 12.2 Å². The Kier molecular flexibility index (Phi) is 8.53. The number of carbonyl (C=O) groups is 4. The summed E-state index contributed by atoms with van der Waals surface area (Å²) < 4.78 is 26.9. The van der Waals surface area contributed by atoms with Crippen LogP contribution in [0.4, 0.5) is 4.79 Å². The van der Waals surface area contributed by atoms with Gasteiger partial charge in [0.2, 0.25) is 21.8 Å². The Morgan fingerprint density at radius 2 is 1.81 bits per heavy atom. The van der Waals surface area contributed by atoms with Crippen molar-refractivity contribution in [1.82, 2.24) is 19.8 Å². The van der Waals surface area contributed by atoms with Gasteiger partial charge in [-0.1, -0.05) is 26.0 Å². The maximum atomic E-state index is 14.2. The van der Waals surface area contributed by atoms with E-state index in [0.29, 0.717) is 25.7 Å².